The quantitative estimate of drug-likeness (QED) is 0.740. The lowest BCUT2D eigenvalue weighted by Crippen LogP contribution is -2.40. The van der Waals surface area contributed by atoms with Crippen molar-refractivity contribution in [3.05, 3.63) is 11.8 Å². The molecule has 0 unspecified atom stereocenters. The minimum absolute atomic E-state index is 0.326. The molecule has 8 nitrogen and oxygen atoms in total. The van der Waals surface area contributed by atoms with Gasteiger partial charge in [-0.2, -0.15) is 4.98 Å². The number of ether oxygens (including phenoxy) is 1. The molecule has 2 aliphatic rings. The molecule has 2 fully saturated rings. The van der Waals surface area contributed by atoms with E-state index < -0.39 is 11.4 Å². The van der Waals surface area contributed by atoms with E-state index in [-0.39, 0.29) is 0 Å². The van der Waals surface area contributed by atoms with Crippen molar-refractivity contribution in [3.63, 3.8) is 0 Å². The molecule has 0 spiro atoms. The second kappa shape index (κ2) is 8.39. The van der Waals surface area contributed by atoms with Crippen molar-refractivity contribution in [1.29, 1.82) is 0 Å². The van der Waals surface area contributed by atoms with Crippen LogP contribution in [0.4, 0.5) is 11.8 Å². The second-order valence-corrected chi connectivity index (χ2v) is 7.89. The second-order valence-electron chi connectivity index (χ2n) is 7.89. The smallest absolute Gasteiger partial charge is 0.313 e. The van der Waals surface area contributed by atoms with Gasteiger partial charge in [0.05, 0.1) is 18.6 Å². The standard InChI is InChI=1S/C19H31N5O3/c1-4-6-23-7-5-14(13-23)21-18-20-12-15(19(2,3)17(25)26)16(22-18)24-8-10-27-11-9-24/h12,14H,4-11,13H2,1-3H3,(H,25,26)(H,20,21,22)/t14-/m1/s1. The largest absolute Gasteiger partial charge is 0.481 e. The molecule has 0 radical (unpaired) electrons. The fraction of sp³-hybridized carbons (Fsp3) is 0.737. The number of hydrogen-bond donors (Lipinski definition) is 2. The normalized spacial score (nSPS) is 21.4. The zero-order valence-corrected chi connectivity index (χ0v) is 16.6. The summed E-state index contributed by atoms with van der Waals surface area (Å²) in [6.07, 6.45) is 3.90. The SMILES string of the molecule is CCCN1CC[C@@H](Nc2ncc(C(C)(C)C(=O)O)c(N3CCOCC3)n2)C1. The van der Waals surface area contributed by atoms with Gasteiger partial charge >= 0.3 is 5.97 Å². The molecule has 1 aromatic heterocycles. The molecule has 2 aliphatic heterocycles. The van der Waals surface area contributed by atoms with E-state index in [0.29, 0.717) is 49.7 Å². The molecule has 3 rings (SSSR count). The molecule has 0 aromatic carbocycles. The number of carboxylic acid groups (broad SMARTS) is 1. The van der Waals surface area contributed by atoms with Crippen LogP contribution in [0.3, 0.4) is 0 Å². The Morgan fingerprint density at radius 1 is 1.37 bits per heavy atom. The van der Waals surface area contributed by atoms with Crippen molar-refractivity contribution in [2.24, 2.45) is 0 Å². The van der Waals surface area contributed by atoms with E-state index in [0.717, 1.165) is 32.5 Å². The Labute approximate surface area is 160 Å². The van der Waals surface area contributed by atoms with Gasteiger partial charge in [0.15, 0.2) is 0 Å². The highest BCUT2D eigenvalue weighted by Gasteiger charge is 2.35. The van der Waals surface area contributed by atoms with Crippen LogP contribution in [0.5, 0.6) is 0 Å². The van der Waals surface area contributed by atoms with Crippen LogP contribution in [-0.2, 0) is 14.9 Å². The molecule has 1 aromatic rings. The minimum Gasteiger partial charge on any atom is -0.481 e. The maximum atomic E-state index is 11.8. The van der Waals surface area contributed by atoms with Gasteiger partial charge in [0, 0.05) is 44.0 Å². The third-order valence-electron chi connectivity index (χ3n) is 5.43. The maximum absolute atomic E-state index is 11.8. The minimum atomic E-state index is -1.06. The topological polar surface area (TPSA) is 90.8 Å². The number of nitrogens with one attached hydrogen (secondary N) is 1. The lowest BCUT2D eigenvalue weighted by atomic mass is 9.85. The molecule has 2 saturated heterocycles. The first-order chi connectivity index (χ1) is 12.9. The van der Waals surface area contributed by atoms with Gasteiger partial charge < -0.3 is 25.0 Å². The van der Waals surface area contributed by atoms with Crippen LogP contribution in [0.1, 0.15) is 39.2 Å². The predicted octanol–water partition coefficient (Wildman–Crippen LogP) is 1.57. The van der Waals surface area contributed by atoms with Crippen molar-refractivity contribution in [1.82, 2.24) is 14.9 Å². The number of nitrogens with zero attached hydrogens (tertiary/aromatic N) is 4. The first kappa shape index (κ1) is 19.8. The fourth-order valence-corrected chi connectivity index (χ4v) is 3.67. The van der Waals surface area contributed by atoms with Crippen molar-refractivity contribution < 1.29 is 14.6 Å². The molecule has 0 amide bonds. The molecule has 150 valence electrons. The summed E-state index contributed by atoms with van der Waals surface area (Å²) < 4.78 is 5.44. The van der Waals surface area contributed by atoms with E-state index >= 15 is 0 Å². The summed E-state index contributed by atoms with van der Waals surface area (Å²) in [5, 5.41) is 13.1. The number of hydrogen-bond acceptors (Lipinski definition) is 7. The van der Waals surface area contributed by atoms with Crippen LogP contribution in [0.25, 0.3) is 0 Å². The monoisotopic (exact) mass is 377 g/mol. The number of morpholine rings is 1. The number of anilines is 2. The highest BCUT2D eigenvalue weighted by Crippen LogP contribution is 2.32. The molecule has 0 saturated carbocycles. The Hall–Kier alpha value is -1.93. The molecular formula is C19H31N5O3. The van der Waals surface area contributed by atoms with Gasteiger partial charge in [-0.25, -0.2) is 4.98 Å². The Morgan fingerprint density at radius 3 is 2.78 bits per heavy atom. The number of rotatable bonds is 7. The van der Waals surface area contributed by atoms with Crippen molar-refractivity contribution in [3.8, 4) is 0 Å². The fourth-order valence-electron chi connectivity index (χ4n) is 3.67. The summed E-state index contributed by atoms with van der Waals surface area (Å²) in [4.78, 5) is 25.6. The third kappa shape index (κ3) is 4.50. The average molecular weight is 377 g/mol. The molecule has 8 heteroatoms. The summed E-state index contributed by atoms with van der Waals surface area (Å²) in [5.74, 6) is 0.392. The van der Waals surface area contributed by atoms with E-state index in [1.807, 2.05) is 0 Å². The number of aromatic nitrogens is 2. The molecular weight excluding hydrogens is 346 g/mol. The summed E-state index contributed by atoms with van der Waals surface area (Å²) in [7, 11) is 0. The molecule has 1 atom stereocenters. The first-order valence-corrected chi connectivity index (χ1v) is 9.84. The van der Waals surface area contributed by atoms with Crippen LogP contribution in [-0.4, -0.2) is 77.9 Å². The van der Waals surface area contributed by atoms with E-state index in [9.17, 15) is 9.90 Å². The van der Waals surface area contributed by atoms with Gasteiger partial charge in [-0.05, 0) is 33.2 Å². The van der Waals surface area contributed by atoms with Crippen LogP contribution in [0.15, 0.2) is 6.20 Å². The molecule has 3 heterocycles. The van der Waals surface area contributed by atoms with E-state index in [4.69, 9.17) is 9.72 Å². The summed E-state index contributed by atoms with van der Waals surface area (Å²) in [5.41, 5.74) is -0.418. The Bertz CT molecular complexity index is 661. The molecule has 2 N–H and O–H groups in total. The van der Waals surface area contributed by atoms with E-state index in [1.54, 1.807) is 20.0 Å². The Balaban J connectivity index is 1.83. The summed E-state index contributed by atoms with van der Waals surface area (Å²) in [6.45, 7) is 11.4. The van der Waals surface area contributed by atoms with Crippen LogP contribution < -0.4 is 10.2 Å². The molecule has 0 bridgehead atoms. The van der Waals surface area contributed by atoms with Crippen molar-refractivity contribution in [2.45, 2.75) is 45.1 Å². The highest BCUT2D eigenvalue weighted by atomic mass is 16.5. The number of aliphatic carboxylic acids is 1. The number of carboxylic acids is 1. The molecule has 27 heavy (non-hydrogen) atoms. The average Bonchev–Trinajstić information content (AvgIpc) is 3.09. The highest BCUT2D eigenvalue weighted by molar-refractivity contribution is 5.82. The zero-order chi connectivity index (χ0) is 19.4. The third-order valence-corrected chi connectivity index (χ3v) is 5.43. The summed E-state index contributed by atoms with van der Waals surface area (Å²) in [6, 6.07) is 0.326. The maximum Gasteiger partial charge on any atom is 0.313 e. The lowest BCUT2D eigenvalue weighted by Gasteiger charge is -2.32. The van der Waals surface area contributed by atoms with Gasteiger partial charge in [-0.15, -0.1) is 0 Å². The van der Waals surface area contributed by atoms with Gasteiger partial charge in [0.1, 0.15) is 5.82 Å². The van der Waals surface area contributed by atoms with Crippen LogP contribution in [0, 0.1) is 0 Å². The van der Waals surface area contributed by atoms with Crippen molar-refractivity contribution >= 4 is 17.7 Å². The Morgan fingerprint density at radius 2 is 2.11 bits per heavy atom. The van der Waals surface area contributed by atoms with E-state index in [2.05, 4.69) is 27.0 Å². The molecule has 0 aliphatic carbocycles. The Kier molecular flexibility index (Phi) is 6.16. The number of likely N-dealkylation sites (tertiary alicyclic amines) is 1. The van der Waals surface area contributed by atoms with Gasteiger partial charge in [-0.1, -0.05) is 6.92 Å². The first-order valence-electron chi connectivity index (χ1n) is 9.84. The number of carbonyl (C=O) groups is 1. The predicted molar refractivity (Wildman–Crippen MR) is 104 cm³/mol. The van der Waals surface area contributed by atoms with Crippen molar-refractivity contribution in [2.75, 3.05) is 56.2 Å². The van der Waals surface area contributed by atoms with Gasteiger partial charge in [0.25, 0.3) is 0 Å². The summed E-state index contributed by atoms with van der Waals surface area (Å²) >= 11 is 0. The van der Waals surface area contributed by atoms with Gasteiger partial charge in [0.2, 0.25) is 5.95 Å². The van der Waals surface area contributed by atoms with Crippen LogP contribution >= 0.6 is 0 Å². The van der Waals surface area contributed by atoms with Gasteiger partial charge in [-0.3, -0.25) is 4.79 Å². The lowest BCUT2D eigenvalue weighted by molar-refractivity contribution is -0.142. The van der Waals surface area contributed by atoms with Crippen LogP contribution in [0.2, 0.25) is 0 Å². The van der Waals surface area contributed by atoms with E-state index in [1.165, 1.54) is 0 Å². The zero-order valence-electron chi connectivity index (χ0n) is 16.6.